The second-order valence-corrected chi connectivity index (χ2v) is 10.5. The van der Waals surface area contributed by atoms with Gasteiger partial charge >= 0.3 is 0 Å². The van der Waals surface area contributed by atoms with Crippen molar-refractivity contribution in [3.63, 3.8) is 0 Å². The van der Waals surface area contributed by atoms with Gasteiger partial charge in [0.1, 0.15) is 6.29 Å². The van der Waals surface area contributed by atoms with E-state index in [-0.39, 0.29) is 11.3 Å². The van der Waals surface area contributed by atoms with Crippen LogP contribution < -0.4 is 0 Å². The zero-order valence-electron chi connectivity index (χ0n) is 19.6. The molecular weight excluding hydrogens is 455 g/mol. The molecule has 6 heteroatoms. The second-order valence-electron chi connectivity index (χ2n) is 9.68. The smallest absolute Gasteiger partial charge is 0.253 e. The summed E-state index contributed by atoms with van der Waals surface area (Å²) in [4.78, 5) is 26.2. The lowest BCUT2D eigenvalue weighted by atomic mass is 9.52. The van der Waals surface area contributed by atoms with Crippen molar-refractivity contribution < 1.29 is 9.59 Å². The maximum absolute atomic E-state index is 13.0. The van der Waals surface area contributed by atoms with E-state index in [1.807, 2.05) is 0 Å². The number of carbonyl (C=O) groups excluding carboxylic acids is 2. The summed E-state index contributed by atoms with van der Waals surface area (Å²) in [5.41, 5.74) is 2.85. The minimum Gasteiger partial charge on any atom is -0.342 e. The van der Waals surface area contributed by atoms with E-state index in [2.05, 4.69) is 26.0 Å². The number of rotatable bonds is 7. The van der Waals surface area contributed by atoms with Crippen molar-refractivity contribution in [2.45, 2.75) is 52.4 Å². The Labute approximate surface area is 207 Å². The zero-order chi connectivity index (χ0) is 24.2. The predicted octanol–water partition coefficient (Wildman–Crippen LogP) is 6.88. The minimum absolute atomic E-state index is 0.123. The van der Waals surface area contributed by atoms with Crippen LogP contribution in [-0.2, 0) is 4.79 Å². The molecule has 0 N–H and O–H groups in total. The average molecular weight is 487 g/mol. The van der Waals surface area contributed by atoms with Gasteiger partial charge in [0, 0.05) is 35.6 Å². The first kappa shape index (κ1) is 25.5. The fourth-order valence-electron chi connectivity index (χ4n) is 6.00. The van der Waals surface area contributed by atoms with Crippen LogP contribution in [0.5, 0.6) is 0 Å². The molecule has 0 radical (unpaired) electrons. The third-order valence-corrected chi connectivity index (χ3v) is 8.31. The number of benzene rings is 1. The number of amides is 1. The number of allylic oxidation sites excluding steroid dienone is 4. The van der Waals surface area contributed by atoms with E-state index in [0.29, 0.717) is 46.3 Å². The highest BCUT2D eigenvalue weighted by atomic mass is 35.5. The van der Waals surface area contributed by atoms with Crippen LogP contribution >= 0.6 is 23.2 Å². The fraction of sp³-hybridized carbons (Fsp3) is 0.519. The molecule has 1 aromatic carbocycles. The van der Waals surface area contributed by atoms with Crippen molar-refractivity contribution in [3.05, 3.63) is 57.1 Å². The molecule has 1 saturated carbocycles. The average Bonchev–Trinajstić information content (AvgIpc) is 2.77. The molecule has 0 heterocycles. The largest absolute Gasteiger partial charge is 0.342 e. The Morgan fingerprint density at radius 3 is 2.64 bits per heavy atom. The highest BCUT2D eigenvalue weighted by Crippen LogP contribution is 2.57. The summed E-state index contributed by atoms with van der Waals surface area (Å²) in [6.45, 7) is 5.00. The highest BCUT2D eigenvalue weighted by molar-refractivity contribution is 6.35. The maximum atomic E-state index is 13.0. The summed E-state index contributed by atoms with van der Waals surface area (Å²) < 4.78 is 0. The summed E-state index contributed by atoms with van der Waals surface area (Å²) in [7, 11) is 1.80. The Hall–Kier alpha value is -2.09. The molecule has 0 bridgehead atoms. The number of hydrogen-bond donors (Lipinski definition) is 0. The van der Waals surface area contributed by atoms with Crippen molar-refractivity contribution >= 4 is 35.4 Å². The van der Waals surface area contributed by atoms with Gasteiger partial charge in [0.15, 0.2) is 0 Å². The van der Waals surface area contributed by atoms with Gasteiger partial charge in [-0.05, 0) is 86.5 Å². The van der Waals surface area contributed by atoms with Crippen molar-refractivity contribution in [3.8, 4) is 6.07 Å². The summed E-state index contributed by atoms with van der Waals surface area (Å²) in [5.74, 6) is 1.16. The normalized spacial score (nSPS) is 27.9. The number of nitriles is 1. The zero-order valence-corrected chi connectivity index (χ0v) is 21.1. The Morgan fingerprint density at radius 2 is 2.00 bits per heavy atom. The van der Waals surface area contributed by atoms with Gasteiger partial charge in [0.25, 0.3) is 5.91 Å². The van der Waals surface area contributed by atoms with Crippen molar-refractivity contribution in [1.82, 2.24) is 4.90 Å². The Morgan fingerprint density at radius 1 is 1.30 bits per heavy atom. The van der Waals surface area contributed by atoms with E-state index in [4.69, 9.17) is 28.5 Å². The predicted molar refractivity (Wildman–Crippen MR) is 133 cm³/mol. The summed E-state index contributed by atoms with van der Waals surface area (Å²) in [5, 5.41) is 10.0. The number of nitrogens with zero attached hydrogens (tertiary/aromatic N) is 2. The summed E-state index contributed by atoms with van der Waals surface area (Å²) in [6.07, 6.45) is 10.1. The molecule has 0 aliphatic heterocycles. The molecular formula is C27H32Cl2N2O2. The van der Waals surface area contributed by atoms with Gasteiger partial charge in [0.2, 0.25) is 0 Å². The van der Waals surface area contributed by atoms with Gasteiger partial charge in [-0.2, -0.15) is 5.26 Å². The quantitative estimate of drug-likeness (QED) is 0.239. The van der Waals surface area contributed by atoms with Crippen LogP contribution in [0.15, 0.2) is 41.5 Å². The topological polar surface area (TPSA) is 61.2 Å². The molecule has 4 unspecified atom stereocenters. The Balaban J connectivity index is 1.83. The number of halogens is 2. The van der Waals surface area contributed by atoms with Crippen molar-refractivity contribution in [1.29, 1.82) is 5.26 Å². The first-order chi connectivity index (χ1) is 15.7. The maximum Gasteiger partial charge on any atom is 0.253 e. The van der Waals surface area contributed by atoms with Crippen molar-refractivity contribution in [2.24, 2.45) is 23.2 Å². The van der Waals surface area contributed by atoms with E-state index >= 15 is 0 Å². The van der Waals surface area contributed by atoms with Crippen LogP contribution in [-0.4, -0.2) is 30.7 Å². The van der Waals surface area contributed by atoms with Gasteiger partial charge < -0.3 is 4.90 Å². The van der Waals surface area contributed by atoms with E-state index < -0.39 is 0 Å². The van der Waals surface area contributed by atoms with E-state index in [1.165, 1.54) is 11.1 Å². The first-order valence-electron chi connectivity index (χ1n) is 11.6. The molecule has 3 rings (SSSR count). The number of fused-ring (bicyclic) bond motifs is 1. The molecule has 0 aromatic heterocycles. The molecule has 2 aliphatic rings. The second kappa shape index (κ2) is 10.9. The Bertz CT molecular complexity index is 990. The molecule has 4 nitrogen and oxygen atoms in total. The Kier molecular flexibility index (Phi) is 8.43. The highest BCUT2D eigenvalue weighted by Gasteiger charge is 2.48. The van der Waals surface area contributed by atoms with Crippen molar-refractivity contribution in [2.75, 3.05) is 13.6 Å². The van der Waals surface area contributed by atoms with Crippen LogP contribution in [0.3, 0.4) is 0 Å². The van der Waals surface area contributed by atoms with E-state index in [9.17, 15) is 9.59 Å². The molecule has 33 heavy (non-hydrogen) atoms. The van der Waals surface area contributed by atoms with Crippen LogP contribution in [0.4, 0.5) is 0 Å². The fourth-order valence-corrected chi connectivity index (χ4v) is 6.53. The number of aldehydes is 1. The minimum atomic E-state index is -0.188. The summed E-state index contributed by atoms with van der Waals surface area (Å²) >= 11 is 12.2. The van der Waals surface area contributed by atoms with Crippen LogP contribution in [0.2, 0.25) is 10.0 Å². The number of carbonyl (C=O) groups is 2. The molecule has 176 valence electrons. The lowest BCUT2D eigenvalue weighted by Crippen LogP contribution is -2.45. The standard InChI is InChI=1S/C27H32Cl2N2O2/c1-18-6-9-25-24(23(18)5-4-12-30)8-7-20(10-14-32)27(25,2)11-13-31(3)26(33)19-15-21(28)17-22(29)16-19/h6,10,14-17,23-25H,4-5,7-9,11,13H2,1-3H3/b20-10-. The molecule has 1 amide bonds. The van der Waals surface area contributed by atoms with Gasteiger partial charge in [-0.3, -0.25) is 9.59 Å². The van der Waals surface area contributed by atoms with E-state index in [0.717, 1.165) is 38.4 Å². The first-order valence-corrected chi connectivity index (χ1v) is 12.4. The molecule has 2 aliphatic carbocycles. The van der Waals surface area contributed by atoms with Crippen LogP contribution in [0.25, 0.3) is 0 Å². The lowest BCUT2D eigenvalue weighted by Gasteiger charge is -2.53. The molecule has 4 atom stereocenters. The van der Waals surface area contributed by atoms with Gasteiger partial charge in [-0.25, -0.2) is 0 Å². The monoisotopic (exact) mass is 486 g/mol. The van der Waals surface area contributed by atoms with Gasteiger partial charge in [-0.1, -0.05) is 47.3 Å². The third kappa shape index (κ3) is 5.53. The van der Waals surface area contributed by atoms with E-state index in [1.54, 1.807) is 36.2 Å². The summed E-state index contributed by atoms with van der Waals surface area (Å²) in [6, 6.07) is 7.19. The molecule has 0 saturated heterocycles. The van der Waals surface area contributed by atoms with Gasteiger partial charge in [0.05, 0.1) is 6.07 Å². The van der Waals surface area contributed by atoms with Crippen LogP contribution in [0.1, 0.15) is 62.7 Å². The van der Waals surface area contributed by atoms with Crippen LogP contribution in [0, 0.1) is 34.5 Å². The number of hydrogen-bond acceptors (Lipinski definition) is 3. The molecule has 0 spiro atoms. The lowest BCUT2D eigenvalue weighted by molar-refractivity contribution is -0.104. The molecule has 1 fully saturated rings. The SMILES string of the molecule is CC1=CCC2C(CC/C(=C/C=O)C2(C)CCN(C)C(=O)c2cc(Cl)cc(Cl)c2)C1CCC#N. The van der Waals surface area contributed by atoms with Gasteiger partial charge in [-0.15, -0.1) is 0 Å². The third-order valence-electron chi connectivity index (χ3n) is 7.87. The molecule has 1 aromatic rings.